The van der Waals surface area contributed by atoms with E-state index in [2.05, 4.69) is 20.2 Å². The minimum Gasteiger partial charge on any atom is -0.493 e. The second-order valence-corrected chi connectivity index (χ2v) is 6.00. The molecule has 1 amide bonds. The van der Waals surface area contributed by atoms with Crippen LogP contribution in [0.15, 0.2) is 33.8 Å². The molecule has 0 atom stereocenters. The monoisotopic (exact) mass is 345 g/mol. The highest BCUT2D eigenvalue weighted by Gasteiger charge is 2.15. The zero-order chi connectivity index (χ0) is 17.3. The van der Waals surface area contributed by atoms with Crippen LogP contribution in [-0.2, 0) is 11.2 Å². The summed E-state index contributed by atoms with van der Waals surface area (Å²) in [6.07, 6.45) is -0.00287. The lowest BCUT2D eigenvalue weighted by molar-refractivity contribution is -0.384. The van der Waals surface area contributed by atoms with Crippen LogP contribution in [0.5, 0.6) is 5.88 Å². The van der Waals surface area contributed by atoms with Crippen LogP contribution in [0.1, 0.15) is 10.7 Å². The van der Waals surface area contributed by atoms with Gasteiger partial charge in [0.2, 0.25) is 5.88 Å². The van der Waals surface area contributed by atoms with Crippen molar-refractivity contribution in [2.75, 3.05) is 0 Å². The zero-order valence-electron chi connectivity index (χ0n) is 12.4. The molecule has 0 saturated heterocycles. The highest BCUT2D eigenvalue weighted by Crippen LogP contribution is 2.37. The Bertz CT molecular complexity index is 975. The fourth-order valence-electron chi connectivity index (χ4n) is 2.15. The molecule has 0 saturated carbocycles. The van der Waals surface area contributed by atoms with Crippen LogP contribution in [0.3, 0.4) is 0 Å². The van der Waals surface area contributed by atoms with Crippen molar-refractivity contribution in [2.45, 2.75) is 13.3 Å². The van der Waals surface area contributed by atoms with Gasteiger partial charge in [-0.3, -0.25) is 14.9 Å². The second-order valence-electron chi connectivity index (χ2n) is 4.94. The maximum absolute atomic E-state index is 11.8. The fraction of sp³-hybridized carbons (Fsp3) is 0.143. The number of H-pyrrole nitrogens is 1. The maximum atomic E-state index is 11.8. The molecule has 0 unspecified atom stereocenters. The van der Waals surface area contributed by atoms with Gasteiger partial charge >= 0.3 is 0 Å². The summed E-state index contributed by atoms with van der Waals surface area (Å²) in [4.78, 5) is 28.9. The standard InChI is InChI=1S/C14H11N5O4S/c1-7-15-8(6-24-7)4-12(20)17-18-13-10-5-9(19(22)23)2-3-11(10)16-14(13)21/h2-3,5-6,16,21H,4H2,1H3. The number of aryl methyl sites for hydroxylation is 1. The molecule has 24 heavy (non-hydrogen) atoms. The average molecular weight is 345 g/mol. The largest absolute Gasteiger partial charge is 0.493 e. The lowest BCUT2D eigenvalue weighted by atomic mass is 10.2. The Balaban J connectivity index is 1.88. The number of rotatable bonds is 4. The van der Waals surface area contributed by atoms with Gasteiger partial charge in [0.15, 0.2) is 5.69 Å². The number of thiazole rings is 1. The van der Waals surface area contributed by atoms with E-state index >= 15 is 0 Å². The fourth-order valence-corrected chi connectivity index (χ4v) is 2.76. The highest BCUT2D eigenvalue weighted by molar-refractivity contribution is 7.09. The number of aromatic hydroxyl groups is 1. The molecule has 0 aliphatic carbocycles. The average Bonchev–Trinajstić information content (AvgIpc) is 3.07. The van der Waals surface area contributed by atoms with E-state index in [1.54, 1.807) is 5.38 Å². The molecule has 3 rings (SSSR count). The third kappa shape index (κ3) is 3.13. The molecule has 2 N–H and O–H groups in total. The van der Waals surface area contributed by atoms with Crippen LogP contribution < -0.4 is 0 Å². The number of nitrogens with one attached hydrogen (secondary N) is 1. The number of aromatic nitrogens is 2. The van der Waals surface area contributed by atoms with Crippen molar-refractivity contribution in [3.05, 3.63) is 44.4 Å². The van der Waals surface area contributed by atoms with Crippen molar-refractivity contribution in [1.82, 2.24) is 9.97 Å². The van der Waals surface area contributed by atoms with Gasteiger partial charge in [0.05, 0.1) is 27.6 Å². The minimum absolute atomic E-state index is 0.00287. The van der Waals surface area contributed by atoms with Gasteiger partial charge in [0, 0.05) is 22.9 Å². The van der Waals surface area contributed by atoms with Crippen LogP contribution in [-0.4, -0.2) is 25.9 Å². The third-order valence-corrected chi connectivity index (χ3v) is 4.03. The van der Waals surface area contributed by atoms with Gasteiger partial charge < -0.3 is 10.1 Å². The topological polar surface area (TPSA) is 134 Å². The first kappa shape index (κ1) is 15.7. The molecule has 3 aromatic rings. The number of hydrogen-bond donors (Lipinski definition) is 2. The number of nitro groups is 1. The van der Waals surface area contributed by atoms with E-state index in [-0.39, 0.29) is 23.7 Å². The van der Waals surface area contributed by atoms with Crippen molar-refractivity contribution < 1.29 is 14.8 Å². The van der Waals surface area contributed by atoms with E-state index in [1.807, 2.05) is 6.92 Å². The van der Waals surface area contributed by atoms with Gasteiger partial charge in [-0.1, -0.05) is 0 Å². The summed E-state index contributed by atoms with van der Waals surface area (Å²) in [5.41, 5.74) is 0.883. The normalized spacial score (nSPS) is 11.4. The van der Waals surface area contributed by atoms with Crippen LogP contribution in [0.25, 0.3) is 10.9 Å². The number of azo groups is 1. The van der Waals surface area contributed by atoms with E-state index in [4.69, 9.17) is 0 Å². The van der Waals surface area contributed by atoms with Crippen LogP contribution >= 0.6 is 11.3 Å². The molecule has 0 bridgehead atoms. The van der Waals surface area contributed by atoms with Crippen molar-refractivity contribution in [3.63, 3.8) is 0 Å². The molecule has 2 aromatic heterocycles. The number of fused-ring (bicyclic) bond motifs is 1. The number of benzene rings is 1. The summed E-state index contributed by atoms with van der Waals surface area (Å²) in [6, 6.07) is 4.01. The summed E-state index contributed by atoms with van der Waals surface area (Å²) in [5.74, 6) is -0.842. The van der Waals surface area contributed by atoms with E-state index in [0.717, 1.165) is 5.01 Å². The number of non-ortho nitro benzene ring substituents is 1. The minimum atomic E-state index is -0.555. The summed E-state index contributed by atoms with van der Waals surface area (Å²) < 4.78 is 0. The third-order valence-electron chi connectivity index (χ3n) is 3.21. The first-order valence-electron chi connectivity index (χ1n) is 6.78. The van der Waals surface area contributed by atoms with Crippen molar-refractivity contribution in [3.8, 4) is 5.88 Å². The van der Waals surface area contributed by atoms with E-state index in [1.165, 1.54) is 29.5 Å². The van der Waals surface area contributed by atoms with Gasteiger partial charge in [-0.05, 0) is 13.0 Å². The molecule has 10 heteroatoms. The molecular weight excluding hydrogens is 334 g/mol. The molecule has 9 nitrogen and oxygen atoms in total. The zero-order valence-corrected chi connectivity index (χ0v) is 13.2. The van der Waals surface area contributed by atoms with Gasteiger partial charge in [-0.15, -0.1) is 21.6 Å². The number of nitrogens with zero attached hydrogens (tertiary/aromatic N) is 4. The number of nitro benzene ring substituents is 1. The van der Waals surface area contributed by atoms with Gasteiger partial charge in [-0.2, -0.15) is 0 Å². The van der Waals surface area contributed by atoms with E-state index in [0.29, 0.717) is 16.6 Å². The Morgan fingerprint density at radius 1 is 1.50 bits per heavy atom. The highest BCUT2D eigenvalue weighted by atomic mass is 32.1. The smallest absolute Gasteiger partial charge is 0.270 e. The van der Waals surface area contributed by atoms with Crippen molar-refractivity contribution >= 4 is 39.5 Å². The van der Waals surface area contributed by atoms with Crippen molar-refractivity contribution in [1.29, 1.82) is 0 Å². The number of aromatic amines is 1. The van der Waals surface area contributed by atoms with Crippen molar-refractivity contribution in [2.24, 2.45) is 10.2 Å². The lowest BCUT2D eigenvalue weighted by Gasteiger charge is -1.93. The number of amides is 1. The van der Waals surface area contributed by atoms with Crippen LogP contribution in [0, 0.1) is 17.0 Å². The number of carbonyl (C=O) groups is 1. The predicted octanol–water partition coefficient (Wildman–Crippen LogP) is 3.40. The molecule has 0 spiro atoms. The quantitative estimate of drug-likeness (QED) is 0.424. The molecule has 0 fully saturated rings. The first-order chi connectivity index (χ1) is 11.4. The molecule has 0 radical (unpaired) electrons. The Morgan fingerprint density at radius 2 is 2.29 bits per heavy atom. The summed E-state index contributed by atoms with van der Waals surface area (Å²) >= 11 is 1.43. The maximum Gasteiger partial charge on any atom is 0.270 e. The molecule has 0 aliphatic heterocycles. The van der Waals surface area contributed by atoms with Gasteiger partial charge in [-0.25, -0.2) is 4.98 Å². The number of carbonyl (C=O) groups excluding carboxylic acids is 1. The molecule has 1 aromatic carbocycles. The second kappa shape index (κ2) is 6.16. The van der Waals surface area contributed by atoms with E-state index in [9.17, 15) is 20.0 Å². The molecular formula is C14H11N5O4S. The first-order valence-corrected chi connectivity index (χ1v) is 7.66. The lowest BCUT2D eigenvalue weighted by Crippen LogP contribution is -1.98. The SMILES string of the molecule is Cc1nc(CC(=O)N=Nc2c(O)[nH]c3ccc([N+](=O)[O-])cc23)cs1. The Kier molecular flexibility index (Phi) is 4.04. The molecule has 2 heterocycles. The van der Waals surface area contributed by atoms with Crippen LogP contribution in [0.2, 0.25) is 0 Å². The molecule has 122 valence electrons. The summed E-state index contributed by atoms with van der Waals surface area (Å²) in [7, 11) is 0. The van der Waals surface area contributed by atoms with E-state index < -0.39 is 10.8 Å². The predicted molar refractivity (Wildman–Crippen MR) is 86.7 cm³/mol. The Hall–Kier alpha value is -3.14. The summed E-state index contributed by atoms with van der Waals surface area (Å²) in [6.45, 7) is 1.83. The Morgan fingerprint density at radius 3 is 2.96 bits per heavy atom. The van der Waals surface area contributed by atoms with Crippen LogP contribution in [0.4, 0.5) is 11.4 Å². The summed E-state index contributed by atoms with van der Waals surface area (Å²) in [5, 5.41) is 30.9. The number of hydrogen-bond acceptors (Lipinski definition) is 7. The Labute approximate surface area is 138 Å². The van der Waals surface area contributed by atoms with Gasteiger partial charge in [0.25, 0.3) is 11.6 Å². The molecule has 0 aliphatic rings. The van der Waals surface area contributed by atoms with Gasteiger partial charge in [0.1, 0.15) is 0 Å².